The van der Waals surface area contributed by atoms with E-state index in [1.54, 1.807) is 31.4 Å². The first-order valence-electron chi connectivity index (χ1n) is 8.32. The quantitative estimate of drug-likeness (QED) is 0.421. The Balaban J connectivity index is 1.51. The number of benzene rings is 2. The summed E-state index contributed by atoms with van der Waals surface area (Å²) in [4.78, 5) is 23.6. The van der Waals surface area contributed by atoms with Crippen LogP contribution in [0.5, 0.6) is 5.75 Å². The maximum Gasteiger partial charge on any atom is 0.234 e. The molecule has 0 radical (unpaired) electrons. The van der Waals surface area contributed by atoms with Gasteiger partial charge in [0.1, 0.15) is 5.75 Å². The van der Waals surface area contributed by atoms with Crippen LogP contribution in [0.25, 0.3) is 0 Å². The van der Waals surface area contributed by atoms with Crippen LogP contribution < -0.4 is 15.4 Å². The minimum atomic E-state index is -0.175. The van der Waals surface area contributed by atoms with E-state index in [0.717, 1.165) is 11.4 Å². The third-order valence-corrected chi connectivity index (χ3v) is 5.60. The number of nitrogens with one attached hydrogen (secondary N) is 2. The Bertz CT molecular complexity index is 973. The summed E-state index contributed by atoms with van der Waals surface area (Å²) in [6.45, 7) is 1.49. The zero-order valence-electron chi connectivity index (χ0n) is 15.3. The predicted molar refractivity (Wildman–Crippen MR) is 112 cm³/mol. The van der Waals surface area contributed by atoms with Gasteiger partial charge >= 0.3 is 0 Å². The minimum Gasteiger partial charge on any atom is -0.497 e. The van der Waals surface area contributed by atoms with Crippen molar-refractivity contribution in [2.45, 2.75) is 11.3 Å². The fourth-order valence-electron chi connectivity index (χ4n) is 2.26. The molecule has 1 amide bonds. The van der Waals surface area contributed by atoms with Crippen LogP contribution in [0.4, 0.5) is 16.5 Å². The smallest absolute Gasteiger partial charge is 0.234 e. The predicted octanol–water partition coefficient (Wildman–Crippen LogP) is 4.22. The summed E-state index contributed by atoms with van der Waals surface area (Å²) in [5.41, 5.74) is 2.03. The van der Waals surface area contributed by atoms with Crippen LogP contribution >= 0.6 is 23.1 Å². The number of carbonyl (C=O) groups excluding carboxylic acids is 2. The number of thioether (sulfide) groups is 1. The molecule has 9 heteroatoms. The van der Waals surface area contributed by atoms with Crippen LogP contribution in [-0.4, -0.2) is 34.8 Å². The first kappa shape index (κ1) is 19.8. The van der Waals surface area contributed by atoms with E-state index in [9.17, 15) is 9.59 Å². The number of nitrogens with zero attached hydrogens (tertiary/aromatic N) is 2. The van der Waals surface area contributed by atoms with E-state index in [0.29, 0.717) is 20.7 Å². The highest BCUT2D eigenvalue weighted by molar-refractivity contribution is 8.01. The molecule has 0 unspecified atom stereocenters. The lowest BCUT2D eigenvalue weighted by atomic mass is 10.1. The average molecular weight is 415 g/mol. The highest BCUT2D eigenvalue weighted by atomic mass is 32.2. The SMILES string of the molecule is COc1ccc(Nc2nnc(SCC(=O)Nc3cccc(C(C)=O)c3)s2)cc1. The summed E-state index contributed by atoms with van der Waals surface area (Å²) >= 11 is 2.67. The van der Waals surface area contributed by atoms with E-state index >= 15 is 0 Å². The number of ether oxygens (including phenoxy) is 1. The van der Waals surface area contributed by atoms with Gasteiger partial charge in [0.2, 0.25) is 11.0 Å². The second kappa shape index (κ2) is 9.34. The third-order valence-electron chi connectivity index (χ3n) is 3.63. The molecule has 7 nitrogen and oxygen atoms in total. The zero-order chi connectivity index (χ0) is 19.9. The first-order valence-corrected chi connectivity index (χ1v) is 10.1. The molecule has 28 heavy (non-hydrogen) atoms. The standard InChI is InChI=1S/C19H18N4O3S2/c1-12(24)13-4-3-5-15(10-13)20-17(25)11-27-19-23-22-18(28-19)21-14-6-8-16(26-2)9-7-14/h3-10H,11H2,1-2H3,(H,20,25)(H,21,22). The van der Waals surface area contributed by atoms with Crippen LogP contribution in [0.2, 0.25) is 0 Å². The molecule has 1 aromatic heterocycles. The Morgan fingerprint density at radius 3 is 2.61 bits per heavy atom. The second-order valence-electron chi connectivity index (χ2n) is 5.70. The van der Waals surface area contributed by atoms with Crippen LogP contribution in [0.15, 0.2) is 52.9 Å². The van der Waals surface area contributed by atoms with Gasteiger partial charge in [-0.05, 0) is 43.3 Å². The molecule has 0 aliphatic rings. The lowest BCUT2D eigenvalue weighted by Crippen LogP contribution is -2.14. The number of methoxy groups -OCH3 is 1. The number of rotatable bonds is 8. The molecular weight excluding hydrogens is 396 g/mol. The van der Waals surface area contributed by atoms with Crippen molar-refractivity contribution in [1.82, 2.24) is 10.2 Å². The third kappa shape index (κ3) is 5.54. The van der Waals surface area contributed by atoms with Crippen LogP contribution in [0, 0.1) is 0 Å². The van der Waals surface area contributed by atoms with Gasteiger partial charge in [0.15, 0.2) is 10.1 Å². The zero-order valence-corrected chi connectivity index (χ0v) is 16.9. The van der Waals surface area contributed by atoms with Gasteiger partial charge in [0, 0.05) is 16.9 Å². The normalized spacial score (nSPS) is 10.4. The molecule has 1 heterocycles. The molecule has 0 saturated carbocycles. The van der Waals surface area contributed by atoms with Gasteiger partial charge in [-0.25, -0.2) is 0 Å². The molecule has 0 atom stereocenters. The van der Waals surface area contributed by atoms with Crippen molar-refractivity contribution >= 4 is 51.3 Å². The van der Waals surface area contributed by atoms with Gasteiger partial charge in [-0.1, -0.05) is 35.2 Å². The molecule has 2 aromatic carbocycles. The number of hydrogen-bond acceptors (Lipinski definition) is 8. The maximum atomic E-state index is 12.1. The molecule has 0 aliphatic carbocycles. The maximum absolute atomic E-state index is 12.1. The van der Waals surface area contributed by atoms with Gasteiger partial charge in [-0.15, -0.1) is 10.2 Å². The van der Waals surface area contributed by atoms with E-state index < -0.39 is 0 Å². The van der Waals surface area contributed by atoms with Crippen molar-refractivity contribution in [3.8, 4) is 5.75 Å². The van der Waals surface area contributed by atoms with Crippen molar-refractivity contribution in [2.75, 3.05) is 23.5 Å². The Morgan fingerprint density at radius 2 is 1.89 bits per heavy atom. The fraction of sp³-hybridized carbons (Fsp3) is 0.158. The molecule has 0 bridgehead atoms. The highest BCUT2D eigenvalue weighted by Gasteiger charge is 2.10. The molecule has 0 aliphatic heterocycles. The summed E-state index contributed by atoms with van der Waals surface area (Å²) in [6.07, 6.45) is 0. The number of amides is 1. The Hall–Kier alpha value is -2.91. The lowest BCUT2D eigenvalue weighted by Gasteiger charge is -2.05. The number of anilines is 3. The van der Waals surface area contributed by atoms with Gasteiger partial charge in [0.25, 0.3) is 0 Å². The van der Waals surface area contributed by atoms with Gasteiger partial charge < -0.3 is 15.4 Å². The highest BCUT2D eigenvalue weighted by Crippen LogP contribution is 2.28. The van der Waals surface area contributed by atoms with E-state index in [-0.39, 0.29) is 17.4 Å². The largest absolute Gasteiger partial charge is 0.497 e. The fourth-order valence-corrected chi connectivity index (χ4v) is 3.83. The van der Waals surface area contributed by atoms with Crippen molar-refractivity contribution in [3.63, 3.8) is 0 Å². The number of Topliss-reactive ketones (excluding diaryl/α,β-unsaturated/α-hetero) is 1. The molecule has 3 rings (SSSR count). The van der Waals surface area contributed by atoms with Gasteiger partial charge in [0.05, 0.1) is 12.9 Å². The molecule has 0 saturated heterocycles. The number of aromatic nitrogens is 2. The lowest BCUT2D eigenvalue weighted by molar-refractivity contribution is -0.113. The number of hydrogen-bond donors (Lipinski definition) is 2. The van der Waals surface area contributed by atoms with E-state index in [2.05, 4.69) is 20.8 Å². The molecule has 0 fully saturated rings. The summed E-state index contributed by atoms with van der Waals surface area (Å²) in [5, 5.41) is 14.8. The molecule has 0 spiro atoms. The van der Waals surface area contributed by atoms with E-state index in [4.69, 9.17) is 4.74 Å². The molecule has 2 N–H and O–H groups in total. The molecule has 144 valence electrons. The summed E-state index contributed by atoms with van der Waals surface area (Å²) < 4.78 is 5.81. The van der Waals surface area contributed by atoms with Gasteiger partial charge in [-0.2, -0.15) is 0 Å². The van der Waals surface area contributed by atoms with Crippen molar-refractivity contribution in [1.29, 1.82) is 0 Å². The summed E-state index contributed by atoms with van der Waals surface area (Å²) in [5.74, 6) is 0.752. The van der Waals surface area contributed by atoms with Gasteiger partial charge in [-0.3, -0.25) is 9.59 Å². The summed E-state index contributed by atoms with van der Waals surface area (Å²) in [7, 11) is 1.62. The van der Waals surface area contributed by atoms with E-state index in [1.807, 2.05) is 24.3 Å². The minimum absolute atomic E-state index is 0.0452. The van der Waals surface area contributed by atoms with Crippen molar-refractivity contribution in [2.24, 2.45) is 0 Å². The van der Waals surface area contributed by atoms with E-state index in [1.165, 1.54) is 30.0 Å². The Morgan fingerprint density at radius 1 is 1.11 bits per heavy atom. The van der Waals surface area contributed by atoms with Crippen LogP contribution in [0.1, 0.15) is 17.3 Å². The topological polar surface area (TPSA) is 93.2 Å². The molecule has 3 aromatic rings. The number of ketones is 1. The summed E-state index contributed by atoms with van der Waals surface area (Å²) in [6, 6.07) is 14.3. The first-order chi connectivity index (χ1) is 13.5. The molecular formula is C19H18N4O3S2. The number of carbonyl (C=O) groups is 2. The van der Waals surface area contributed by atoms with Crippen LogP contribution in [0.3, 0.4) is 0 Å². The average Bonchev–Trinajstić information content (AvgIpc) is 3.14. The van der Waals surface area contributed by atoms with Crippen molar-refractivity contribution in [3.05, 3.63) is 54.1 Å². The Kier molecular flexibility index (Phi) is 6.62. The monoisotopic (exact) mass is 414 g/mol. The second-order valence-corrected chi connectivity index (χ2v) is 7.90. The Labute approximate surface area is 170 Å². The van der Waals surface area contributed by atoms with Crippen molar-refractivity contribution < 1.29 is 14.3 Å². The van der Waals surface area contributed by atoms with Crippen LogP contribution in [-0.2, 0) is 4.79 Å².